The van der Waals surface area contributed by atoms with E-state index in [4.69, 9.17) is 0 Å². The summed E-state index contributed by atoms with van der Waals surface area (Å²) in [4.78, 5) is 16.4. The predicted molar refractivity (Wildman–Crippen MR) is 80.6 cm³/mol. The van der Waals surface area contributed by atoms with Crippen LogP contribution in [0.4, 0.5) is 4.79 Å². The van der Waals surface area contributed by atoms with Gasteiger partial charge in [-0.2, -0.15) is 0 Å². The van der Waals surface area contributed by atoms with Gasteiger partial charge in [-0.25, -0.2) is 4.79 Å². The molecule has 1 N–H and O–H groups in total. The fraction of sp³-hybridized carbons (Fsp3) is 0.812. The van der Waals surface area contributed by atoms with Gasteiger partial charge in [0.25, 0.3) is 0 Å². The van der Waals surface area contributed by atoms with Crippen LogP contribution in [-0.2, 0) is 0 Å². The number of nitrogens with zero attached hydrogens (tertiary/aromatic N) is 2. The number of urea groups is 1. The number of piperidine rings is 1. The van der Waals surface area contributed by atoms with Crippen LogP contribution in [-0.4, -0.2) is 53.7 Å². The molecule has 2 aliphatic heterocycles. The molecule has 2 rings (SSSR count). The van der Waals surface area contributed by atoms with Crippen LogP contribution in [0.2, 0.25) is 0 Å². The van der Waals surface area contributed by atoms with E-state index in [-0.39, 0.29) is 18.1 Å². The number of carbonyl (C=O) groups excluding carboxylic acids is 1. The summed E-state index contributed by atoms with van der Waals surface area (Å²) in [5.74, 6) is 0. The zero-order valence-corrected chi connectivity index (χ0v) is 12.9. The zero-order chi connectivity index (χ0) is 14.6. The molecular formula is C16H28N2O2. The van der Waals surface area contributed by atoms with Crippen LogP contribution in [0.3, 0.4) is 0 Å². The highest BCUT2D eigenvalue weighted by Gasteiger charge is 2.37. The van der Waals surface area contributed by atoms with Crippen molar-refractivity contribution in [3.63, 3.8) is 0 Å². The lowest BCUT2D eigenvalue weighted by atomic mass is 9.77. The second-order valence-electron chi connectivity index (χ2n) is 6.65. The van der Waals surface area contributed by atoms with Crippen LogP contribution in [0, 0.1) is 5.41 Å². The highest BCUT2D eigenvalue weighted by Crippen LogP contribution is 2.34. The highest BCUT2D eigenvalue weighted by atomic mass is 16.3. The van der Waals surface area contributed by atoms with Gasteiger partial charge in [0, 0.05) is 31.6 Å². The molecule has 0 spiro atoms. The Balaban J connectivity index is 2.01. The molecule has 1 atom stereocenters. The molecule has 0 saturated carbocycles. The molecule has 0 bridgehead atoms. The minimum absolute atomic E-state index is 0.134. The first kappa shape index (κ1) is 15.4. The van der Waals surface area contributed by atoms with Gasteiger partial charge in [-0.3, -0.25) is 0 Å². The van der Waals surface area contributed by atoms with Crippen molar-refractivity contribution in [2.45, 2.75) is 46.0 Å². The third kappa shape index (κ3) is 3.54. The SMILES string of the molecule is CC(C)=CCC1(CO)CCCN(C(=O)N2CCCC2)C1. The second-order valence-corrected chi connectivity index (χ2v) is 6.65. The van der Waals surface area contributed by atoms with Gasteiger partial charge in [0.15, 0.2) is 0 Å². The number of allylic oxidation sites excluding steroid dienone is 2. The summed E-state index contributed by atoms with van der Waals surface area (Å²) < 4.78 is 0. The van der Waals surface area contributed by atoms with E-state index in [1.54, 1.807) is 0 Å². The summed E-state index contributed by atoms with van der Waals surface area (Å²) in [5.41, 5.74) is 1.14. The van der Waals surface area contributed by atoms with E-state index in [0.29, 0.717) is 6.54 Å². The van der Waals surface area contributed by atoms with E-state index in [0.717, 1.165) is 51.7 Å². The number of aliphatic hydroxyl groups excluding tert-OH is 1. The molecule has 0 aromatic carbocycles. The van der Waals surface area contributed by atoms with E-state index in [1.807, 2.05) is 9.80 Å². The Kier molecular flexibility index (Phi) is 5.08. The molecule has 114 valence electrons. The van der Waals surface area contributed by atoms with Crippen molar-refractivity contribution in [3.05, 3.63) is 11.6 Å². The first-order chi connectivity index (χ1) is 9.56. The fourth-order valence-electron chi connectivity index (χ4n) is 3.26. The van der Waals surface area contributed by atoms with Crippen molar-refractivity contribution in [2.75, 3.05) is 32.8 Å². The summed E-state index contributed by atoms with van der Waals surface area (Å²) >= 11 is 0. The minimum Gasteiger partial charge on any atom is -0.396 e. The van der Waals surface area contributed by atoms with Gasteiger partial charge in [0.05, 0.1) is 6.61 Å². The molecule has 2 amide bonds. The molecule has 4 nitrogen and oxygen atoms in total. The predicted octanol–water partition coefficient (Wildman–Crippen LogP) is 2.63. The van der Waals surface area contributed by atoms with Crippen LogP contribution in [0.5, 0.6) is 0 Å². The number of carbonyl (C=O) groups is 1. The molecule has 2 fully saturated rings. The van der Waals surface area contributed by atoms with Gasteiger partial charge >= 0.3 is 6.03 Å². The minimum atomic E-state index is -0.134. The first-order valence-electron chi connectivity index (χ1n) is 7.84. The largest absolute Gasteiger partial charge is 0.396 e. The van der Waals surface area contributed by atoms with Gasteiger partial charge in [0.2, 0.25) is 0 Å². The maximum atomic E-state index is 12.5. The van der Waals surface area contributed by atoms with Crippen LogP contribution in [0.1, 0.15) is 46.0 Å². The van der Waals surface area contributed by atoms with E-state index in [1.165, 1.54) is 5.57 Å². The Morgan fingerprint density at radius 3 is 2.40 bits per heavy atom. The summed E-state index contributed by atoms with van der Waals surface area (Å²) in [5, 5.41) is 9.84. The summed E-state index contributed by atoms with van der Waals surface area (Å²) in [6.07, 6.45) is 7.33. The lowest BCUT2D eigenvalue weighted by Crippen LogP contribution is -2.51. The number of rotatable bonds is 3. The average molecular weight is 280 g/mol. The summed E-state index contributed by atoms with van der Waals surface area (Å²) in [6.45, 7) is 7.67. The molecule has 1 unspecified atom stereocenters. The van der Waals surface area contributed by atoms with Crippen LogP contribution in [0.15, 0.2) is 11.6 Å². The topological polar surface area (TPSA) is 43.8 Å². The van der Waals surface area contributed by atoms with Crippen LogP contribution < -0.4 is 0 Å². The van der Waals surface area contributed by atoms with E-state index < -0.39 is 0 Å². The number of aliphatic hydroxyl groups is 1. The van der Waals surface area contributed by atoms with E-state index >= 15 is 0 Å². The van der Waals surface area contributed by atoms with Crippen molar-refractivity contribution < 1.29 is 9.90 Å². The molecule has 0 aromatic heterocycles. The van der Waals surface area contributed by atoms with Crippen molar-refractivity contribution in [1.29, 1.82) is 0 Å². The molecular weight excluding hydrogens is 252 g/mol. The first-order valence-corrected chi connectivity index (χ1v) is 7.84. The molecule has 2 heterocycles. The van der Waals surface area contributed by atoms with Gasteiger partial charge in [-0.15, -0.1) is 0 Å². The smallest absolute Gasteiger partial charge is 0.320 e. The van der Waals surface area contributed by atoms with Gasteiger partial charge in [0.1, 0.15) is 0 Å². The monoisotopic (exact) mass is 280 g/mol. The summed E-state index contributed by atoms with van der Waals surface area (Å²) in [6, 6.07) is 0.178. The van der Waals surface area contributed by atoms with Gasteiger partial charge in [-0.05, 0) is 46.0 Å². The molecule has 2 aliphatic rings. The van der Waals surface area contributed by atoms with Crippen molar-refractivity contribution in [2.24, 2.45) is 5.41 Å². The third-order valence-corrected chi connectivity index (χ3v) is 4.59. The molecule has 4 heteroatoms. The Hall–Kier alpha value is -1.03. The molecule has 2 saturated heterocycles. The average Bonchev–Trinajstić information content (AvgIpc) is 2.99. The number of hydrogen-bond donors (Lipinski definition) is 1. The maximum absolute atomic E-state index is 12.5. The van der Waals surface area contributed by atoms with Crippen molar-refractivity contribution in [1.82, 2.24) is 9.80 Å². The molecule has 0 radical (unpaired) electrons. The van der Waals surface area contributed by atoms with Crippen LogP contribution in [0.25, 0.3) is 0 Å². The quantitative estimate of drug-likeness (QED) is 0.808. The van der Waals surface area contributed by atoms with Gasteiger partial charge in [-0.1, -0.05) is 11.6 Å². The number of amides is 2. The van der Waals surface area contributed by atoms with Gasteiger partial charge < -0.3 is 14.9 Å². The number of likely N-dealkylation sites (tertiary alicyclic amines) is 2. The zero-order valence-electron chi connectivity index (χ0n) is 12.9. The Morgan fingerprint density at radius 2 is 1.80 bits per heavy atom. The Labute approximate surface area is 122 Å². The fourth-order valence-corrected chi connectivity index (χ4v) is 3.26. The standard InChI is InChI=1S/C16H28N2O2/c1-14(2)6-8-16(13-19)7-5-11-18(12-16)15(20)17-9-3-4-10-17/h6,19H,3-5,7-13H2,1-2H3. The summed E-state index contributed by atoms with van der Waals surface area (Å²) in [7, 11) is 0. The van der Waals surface area contributed by atoms with E-state index in [9.17, 15) is 9.90 Å². The molecule has 20 heavy (non-hydrogen) atoms. The normalized spacial score (nSPS) is 26.8. The Morgan fingerprint density at radius 1 is 1.15 bits per heavy atom. The highest BCUT2D eigenvalue weighted by molar-refractivity contribution is 5.74. The second kappa shape index (κ2) is 6.61. The third-order valence-electron chi connectivity index (χ3n) is 4.59. The van der Waals surface area contributed by atoms with Crippen molar-refractivity contribution >= 4 is 6.03 Å². The van der Waals surface area contributed by atoms with Crippen LogP contribution >= 0.6 is 0 Å². The maximum Gasteiger partial charge on any atom is 0.320 e. The Bertz CT molecular complexity index is 371. The van der Waals surface area contributed by atoms with E-state index in [2.05, 4.69) is 19.9 Å². The van der Waals surface area contributed by atoms with Crippen molar-refractivity contribution in [3.8, 4) is 0 Å². The molecule has 0 aliphatic carbocycles. The lowest BCUT2D eigenvalue weighted by Gasteiger charge is -2.42. The molecule has 0 aromatic rings. The number of hydrogen-bond acceptors (Lipinski definition) is 2. The lowest BCUT2D eigenvalue weighted by molar-refractivity contribution is 0.0418.